The largest absolute Gasteiger partial charge is 0.487 e. The summed E-state index contributed by atoms with van der Waals surface area (Å²) in [6.07, 6.45) is 1.74. The van der Waals surface area contributed by atoms with Crippen LogP contribution in [0.15, 0.2) is 54.7 Å². The van der Waals surface area contributed by atoms with Crippen molar-refractivity contribution in [1.82, 2.24) is 9.97 Å². The van der Waals surface area contributed by atoms with Crippen molar-refractivity contribution >= 4 is 11.4 Å². The zero-order chi connectivity index (χ0) is 17.6. The van der Waals surface area contributed by atoms with Crippen LogP contribution in [0.25, 0.3) is 0 Å². The molecule has 0 saturated heterocycles. The first kappa shape index (κ1) is 16.5. The van der Waals surface area contributed by atoms with Gasteiger partial charge in [-0.25, -0.2) is 0 Å². The standard InChI is InChI=1S/C20H18N4O/c1-14-10-20(19(12-21)15(2)23-14)24-16-7-5-8-18(11-16)25-13-17-6-3-4-9-22-17/h3-11H,13H2,1-2H3,(H,23,24). The molecule has 0 atom stereocenters. The Morgan fingerprint density at radius 2 is 2.00 bits per heavy atom. The minimum absolute atomic E-state index is 0.404. The number of nitrogens with zero attached hydrogens (tertiary/aromatic N) is 3. The van der Waals surface area contributed by atoms with Gasteiger partial charge in [-0.2, -0.15) is 5.26 Å². The zero-order valence-electron chi connectivity index (χ0n) is 14.2. The van der Waals surface area contributed by atoms with Crippen LogP contribution in [-0.4, -0.2) is 9.97 Å². The van der Waals surface area contributed by atoms with Crippen LogP contribution in [0.2, 0.25) is 0 Å². The average molecular weight is 330 g/mol. The third kappa shape index (κ3) is 4.12. The van der Waals surface area contributed by atoms with E-state index in [4.69, 9.17) is 4.74 Å². The van der Waals surface area contributed by atoms with E-state index >= 15 is 0 Å². The Labute approximate surface area is 147 Å². The highest BCUT2D eigenvalue weighted by Crippen LogP contribution is 2.26. The molecule has 0 fully saturated rings. The maximum absolute atomic E-state index is 9.37. The number of benzene rings is 1. The lowest BCUT2D eigenvalue weighted by molar-refractivity contribution is 0.301. The number of hydrogen-bond donors (Lipinski definition) is 1. The summed E-state index contributed by atoms with van der Waals surface area (Å²) < 4.78 is 5.79. The molecular weight excluding hydrogens is 312 g/mol. The van der Waals surface area contributed by atoms with Gasteiger partial charge in [0.1, 0.15) is 18.4 Å². The predicted octanol–water partition coefficient (Wildman–Crippen LogP) is 4.29. The van der Waals surface area contributed by atoms with Crippen LogP contribution in [0, 0.1) is 25.2 Å². The summed E-state index contributed by atoms with van der Waals surface area (Å²) in [5.41, 5.74) is 4.59. The molecule has 0 aliphatic carbocycles. The molecule has 2 aromatic heterocycles. The van der Waals surface area contributed by atoms with Crippen LogP contribution in [0.4, 0.5) is 11.4 Å². The van der Waals surface area contributed by atoms with Gasteiger partial charge >= 0.3 is 0 Å². The number of nitrogens with one attached hydrogen (secondary N) is 1. The number of aryl methyl sites for hydroxylation is 2. The molecule has 3 aromatic rings. The normalized spacial score (nSPS) is 10.1. The first-order valence-electron chi connectivity index (χ1n) is 7.94. The van der Waals surface area contributed by atoms with E-state index in [2.05, 4.69) is 21.4 Å². The van der Waals surface area contributed by atoms with Crippen LogP contribution >= 0.6 is 0 Å². The van der Waals surface area contributed by atoms with E-state index < -0.39 is 0 Å². The molecule has 0 radical (unpaired) electrons. The fraction of sp³-hybridized carbons (Fsp3) is 0.150. The van der Waals surface area contributed by atoms with Crippen molar-refractivity contribution in [3.63, 3.8) is 0 Å². The monoisotopic (exact) mass is 330 g/mol. The molecule has 124 valence electrons. The Kier molecular flexibility index (Phi) is 4.91. The Morgan fingerprint density at radius 1 is 1.12 bits per heavy atom. The molecule has 0 unspecified atom stereocenters. The molecule has 0 amide bonds. The van der Waals surface area contributed by atoms with Gasteiger partial charge in [-0.1, -0.05) is 12.1 Å². The van der Waals surface area contributed by atoms with E-state index in [1.807, 2.05) is 62.4 Å². The van der Waals surface area contributed by atoms with Gasteiger partial charge in [0.15, 0.2) is 0 Å². The van der Waals surface area contributed by atoms with Gasteiger partial charge in [0.05, 0.1) is 22.6 Å². The van der Waals surface area contributed by atoms with E-state index in [0.29, 0.717) is 17.9 Å². The van der Waals surface area contributed by atoms with E-state index in [0.717, 1.165) is 28.5 Å². The van der Waals surface area contributed by atoms with Crippen molar-refractivity contribution in [2.24, 2.45) is 0 Å². The molecule has 25 heavy (non-hydrogen) atoms. The Hall–Kier alpha value is -3.39. The van der Waals surface area contributed by atoms with Gasteiger partial charge in [0, 0.05) is 23.6 Å². The molecule has 1 aromatic carbocycles. The number of hydrogen-bond acceptors (Lipinski definition) is 5. The Balaban J connectivity index is 1.77. The van der Waals surface area contributed by atoms with Crippen molar-refractivity contribution in [1.29, 1.82) is 5.26 Å². The second kappa shape index (κ2) is 7.45. The van der Waals surface area contributed by atoms with Crippen LogP contribution < -0.4 is 10.1 Å². The molecule has 5 nitrogen and oxygen atoms in total. The third-order valence-corrected chi connectivity index (χ3v) is 3.67. The maximum atomic E-state index is 9.37. The molecule has 0 bridgehead atoms. The first-order chi connectivity index (χ1) is 12.2. The summed E-state index contributed by atoms with van der Waals surface area (Å²) in [5, 5.41) is 12.7. The number of pyridine rings is 2. The molecule has 5 heteroatoms. The number of ether oxygens (including phenoxy) is 1. The number of aromatic nitrogens is 2. The van der Waals surface area contributed by atoms with Crippen molar-refractivity contribution < 1.29 is 4.74 Å². The molecule has 0 aliphatic heterocycles. The smallest absolute Gasteiger partial charge is 0.130 e. The summed E-state index contributed by atoms with van der Waals surface area (Å²) >= 11 is 0. The van der Waals surface area contributed by atoms with Crippen molar-refractivity contribution in [2.45, 2.75) is 20.5 Å². The molecule has 2 heterocycles. The molecule has 0 saturated carbocycles. The van der Waals surface area contributed by atoms with Crippen molar-refractivity contribution in [3.8, 4) is 11.8 Å². The maximum Gasteiger partial charge on any atom is 0.130 e. The van der Waals surface area contributed by atoms with Crippen molar-refractivity contribution in [2.75, 3.05) is 5.32 Å². The van der Waals surface area contributed by atoms with Gasteiger partial charge in [-0.3, -0.25) is 9.97 Å². The van der Waals surface area contributed by atoms with Gasteiger partial charge in [-0.05, 0) is 44.2 Å². The summed E-state index contributed by atoms with van der Waals surface area (Å²) in [5.74, 6) is 0.733. The second-order valence-electron chi connectivity index (χ2n) is 5.65. The van der Waals surface area contributed by atoms with Crippen LogP contribution in [0.3, 0.4) is 0 Å². The van der Waals surface area contributed by atoms with Gasteiger partial charge in [-0.15, -0.1) is 0 Å². The van der Waals surface area contributed by atoms with Crippen LogP contribution in [-0.2, 0) is 6.61 Å². The van der Waals surface area contributed by atoms with E-state index in [-0.39, 0.29) is 0 Å². The van der Waals surface area contributed by atoms with Gasteiger partial charge in [0.2, 0.25) is 0 Å². The molecule has 0 aliphatic rings. The lowest BCUT2D eigenvalue weighted by Gasteiger charge is -2.12. The minimum Gasteiger partial charge on any atom is -0.487 e. The zero-order valence-corrected chi connectivity index (χ0v) is 14.2. The van der Waals surface area contributed by atoms with Gasteiger partial charge in [0.25, 0.3) is 0 Å². The number of anilines is 2. The highest BCUT2D eigenvalue weighted by Gasteiger charge is 2.09. The SMILES string of the molecule is Cc1cc(Nc2cccc(OCc3ccccn3)c2)c(C#N)c(C)n1. The molecule has 3 rings (SSSR count). The lowest BCUT2D eigenvalue weighted by Crippen LogP contribution is -2.01. The second-order valence-corrected chi connectivity index (χ2v) is 5.65. The topological polar surface area (TPSA) is 70.8 Å². The summed E-state index contributed by atoms with van der Waals surface area (Å²) in [6, 6.07) is 17.4. The quantitative estimate of drug-likeness (QED) is 0.755. The van der Waals surface area contributed by atoms with Crippen molar-refractivity contribution in [3.05, 3.63) is 77.4 Å². The van der Waals surface area contributed by atoms with Crippen LogP contribution in [0.5, 0.6) is 5.75 Å². The molecule has 1 N–H and O–H groups in total. The average Bonchev–Trinajstić information content (AvgIpc) is 2.61. The Bertz CT molecular complexity index is 917. The van der Waals surface area contributed by atoms with E-state index in [9.17, 15) is 5.26 Å². The lowest BCUT2D eigenvalue weighted by atomic mass is 10.1. The van der Waals surface area contributed by atoms with Crippen LogP contribution in [0.1, 0.15) is 22.6 Å². The van der Waals surface area contributed by atoms with Gasteiger partial charge < -0.3 is 10.1 Å². The third-order valence-electron chi connectivity index (χ3n) is 3.67. The van der Waals surface area contributed by atoms with E-state index in [1.165, 1.54) is 0 Å². The predicted molar refractivity (Wildman–Crippen MR) is 96.7 cm³/mol. The molecular formula is C20H18N4O. The molecule has 0 spiro atoms. The summed E-state index contributed by atoms with van der Waals surface area (Å²) in [6.45, 7) is 4.15. The highest BCUT2D eigenvalue weighted by molar-refractivity contribution is 5.68. The minimum atomic E-state index is 0.404. The Morgan fingerprint density at radius 3 is 2.76 bits per heavy atom. The fourth-order valence-electron chi connectivity index (χ4n) is 2.53. The number of rotatable bonds is 5. The van der Waals surface area contributed by atoms with E-state index in [1.54, 1.807) is 6.20 Å². The summed E-state index contributed by atoms with van der Waals surface area (Å²) in [7, 11) is 0. The number of nitriles is 1. The first-order valence-corrected chi connectivity index (χ1v) is 7.94. The summed E-state index contributed by atoms with van der Waals surface area (Å²) in [4.78, 5) is 8.58. The highest BCUT2D eigenvalue weighted by atomic mass is 16.5. The fourth-order valence-corrected chi connectivity index (χ4v) is 2.53.